The van der Waals surface area contributed by atoms with Gasteiger partial charge in [-0.25, -0.2) is 0 Å². The molecule has 42 heavy (non-hydrogen) atoms. The monoisotopic (exact) mass is 568 g/mol. The quantitative estimate of drug-likeness (QED) is 0.305. The predicted molar refractivity (Wildman–Crippen MR) is 164 cm³/mol. The molecule has 0 bridgehead atoms. The van der Waals surface area contributed by atoms with E-state index >= 15 is 0 Å². The molecule has 3 unspecified atom stereocenters. The molecule has 3 atom stereocenters. The molecule has 0 radical (unpaired) electrons. The number of carbonyl (C=O) groups is 3. The highest BCUT2D eigenvalue weighted by molar-refractivity contribution is 6.47. The molecule has 0 spiro atoms. The van der Waals surface area contributed by atoms with E-state index in [9.17, 15) is 14.4 Å². The number of aliphatic imine (C=N–C) groups is 1. The lowest BCUT2D eigenvalue weighted by atomic mass is 9.77. The van der Waals surface area contributed by atoms with Crippen LogP contribution in [0.1, 0.15) is 81.9 Å². The molecule has 220 valence electrons. The van der Waals surface area contributed by atoms with Gasteiger partial charge in [-0.2, -0.15) is 0 Å². The summed E-state index contributed by atoms with van der Waals surface area (Å²) in [6.45, 7) is 12.9. The van der Waals surface area contributed by atoms with Crippen molar-refractivity contribution >= 4 is 23.5 Å². The fourth-order valence-corrected chi connectivity index (χ4v) is 5.32. The van der Waals surface area contributed by atoms with Crippen LogP contribution in [-0.2, 0) is 9.59 Å². The van der Waals surface area contributed by atoms with Crippen molar-refractivity contribution in [2.45, 2.75) is 66.1 Å². The maximum absolute atomic E-state index is 14.2. The predicted octanol–water partition coefficient (Wildman–Crippen LogP) is 6.13. The number of rotatable bonds is 10. The van der Waals surface area contributed by atoms with Gasteiger partial charge in [-0.15, -0.1) is 0 Å². The SMILES string of the molecule is CC(c1ccc(C(=O)NCCC(=O)O)cc1)N1C(=O)C(c2cccc(-c3ccncc3)c2)=NC1(C)CC(C)C(C)(C)C. The Kier molecular flexibility index (Phi) is 8.95. The van der Waals surface area contributed by atoms with Crippen LogP contribution in [0, 0.1) is 11.3 Å². The van der Waals surface area contributed by atoms with Crippen molar-refractivity contribution < 1.29 is 19.5 Å². The summed E-state index contributed by atoms with van der Waals surface area (Å²) >= 11 is 0. The lowest BCUT2D eigenvalue weighted by Gasteiger charge is -2.41. The molecule has 1 aliphatic rings. The van der Waals surface area contributed by atoms with Crippen molar-refractivity contribution in [3.05, 3.63) is 89.7 Å². The van der Waals surface area contributed by atoms with Gasteiger partial charge in [0.25, 0.3) is 11.8 Å². The number of carbonyl (C=O) groups excluding carboxylic acids is 2. The number of pyridine rings is 1. The highest BCUT2D eigenvalue weighted by atomic mass is 16.4. The second-order valence-electron chi connectivity index (χ2n) is 12.3. The Hall–Kier alpha value is -4.33. The number of amides is 2. The van der Waals surface area contributed by atoms with Gasteiger partial charge in [0.15, 0.2) is 0 Å². The van der Waals surface area contributed by atoms with Gasteiger partial charge in [-0.1, -0.05) is 58.0 Å². The van der Waals surface area contributed by atoms with Gasteiger partial charge in [0, 0.05) is 30.1 Å². The number of nitrogens with one attached hydrogen (secondary N) is 1. The highest BCUT2D eigenvalue weighted by Crippen LogP contribution is 2.42. The molecule has 2 amide bonds. The Bertz CT molecular complexity index is 1480. The Labute approximate surface area is 247 Å². The zero-order chi connectivity index (χ0) is 30.7. The fourth-order valence-electron chi connectivity index (χ4n) is 5.32. The normalized spacial score (nSPS) is 18.4. The van der Waals surface area contributed by atoms with Crippen molar-refractivity contribution in [2.24, 2.45) is 16.3 Å². The van der Waals surface area contributed by atoms with Crippen molar-refractivity contribution in [1.82, 2.24) is 15.2 Å². The van der Waals surface area contributed by atoms with E-state index in [-0.39, 0.29) is 42.2 Å². The molecule has 2 N–H and O–H groups in total. The van der Waals surface area contributed by atoms with E-state index in [2.05, 4.69) is 38.0 Å². The third kappa shape index (κ3) is 6.75. The first kappa shape index (κ1) is 30.6. The van der Waals surface area contributed by atoms with Crippen LogP contribution in [0.3, 0.4) is 0 Å². The van der Waals surface area contributed by atoms with Crippen LogP contribution in [0.5, 0.6) is 0 Å². The van der Waals surface area contributed by atoms with Gasteiger partial charge in [0.2, 0.25) is 0 Å². The molecule has 8 heteroatoms. The Morgan fingerprint density at radius 2 is 1.62 bits per heavy atom. The van der Waals surface area contributed by atoms with E-state index in [4.69, 9.17) is 10.1 Å². The van der Waals surface area contributed by atoms with E-state index in [0.29, 0.717) is 17.7 Å². The minimum Gasteiger partial charge on any atom is -0.481 e. The number of hydrogen-bond acceptors (Lipinski definition) is 5. The molecule has 1 aliphatic heterocycles. The minimum absolute atomic E-state index is 0.0240. The van der Waals surface area contributed by atoms with E-state index in [1.807, 2.05) is 67.3 Å². The van der Waals surface area contributed by atoms with Crippen LogP contribution >= 0.6 is 0 Å². The molecule has 0 saturated heterocycles. The van der Waals surface area contributed by atoms with Gasteiger partial charge in [-0.3, -0.25) is 24.4 Å². The summed E-state index contributed by atoms with van der Waals surface area (Å²) in [6.07, 6.45) is 4.04. The lowest BCUT2D eigenvalue weighted by molar-refractivity contribution is -0.137. The van der Waals surface area contributed by atoms with E-state index in [1.165, 1.54) is 0 Å². The number of carboxylic acid groups (broad SMARTS) is 1. The Morgan fingerprint density at radius 3 is 2.24 bits per heavy atom. The summed E-state index contributed by atoms with van der Waals surface area (Å²) < 4.78 is 0. The summed E-state index contributed by atoms with van der Waals surface area (Å²) in [6, 6.07) is 18.6. The first-order chi connectivity index (χ1) is 19.8. The molecule has 3 aromatic rings. The highest BCUT2D eigenvalue weighted by Gasteiger charge is 2.48. The van der Waals surface area contributed by atoms with Crippen LogP contribution in [-0.4, -0.2) is 50.7 Å². The van der Waals surface area contributed by atoms with Gasteiger partial charge in [0.05, 0.1) is 12.5 Å². The van der Waals surface area contributed by atoms with Crippen molar-refractivity contribution in [2.75, 3.05) is 6.54 Å². The van der Waals surface area contributed by atoms with Crippen LogP contribution in [0.4, 0.5) is 0 Å². The standard InChI is InChI=1S/C34H40N4O4/c1-22(33(3,4)5)21-34(6)37-30(28-9-7-8-27(20-28)25-14-17-35-18-15-25)32(42)38(34)23(2)24-10-12-26(13-11-24)31(41)36-19-16-29(39)40/h7-15,17-18,20,22-23H,16,19,21H2,1-6H3,(H,36,41)(H,39,40). The maximum Gasteiger partial charge on any atom is 0.305 e. The summed E-state index contributed by atoms with van der Waals surface area (Å²) in [7, 11) is 0. The molecule has 0 fully saturated rings. The number of aromatic nitrogens is 1. The fraction of sp³-hybridized carbons (Fsp3) is 0.382. The van der Waals surface area contributed by atoms with Crippen molar-refractivity contribution in [3.63, 3.8) is 0 Å². The Morgan fingerprint density at radius 1 is 0.976 bits per heavy atom. The molecule has 8 nitrogen and oxygen atoms in total. The van der Waals surface area contributed by atoms with Crippen LogP contribution in [0.2, 0.25) is 0 Å². The third-order valence-corrected chi connectivity index (χ3v) is 8.28. The molecule has 1 aromatic heterocycles. The van der Waals surface area contributed by atoms with Gasteiger partial charge < -0.3 is 15.3 Å². The second kappa shape index (κ2) is 12.3. The van der Waals surface area contributed by atoms with Crippen LogP contribution < -0.4 is 5.32 Å². The molecule has 0 aliphatic carbocycles. The van der Waals surface area contributed by atoms with Crippen molar-refractivity contribution in [3.8, 4) is 11.1 Å². The minimum atomic E-state index is -0.968. The molecular formula is C34H40N4O4. The first-order valence-corrected chi connectivity index (χ1v) is 14.3. The molecular weight excluding hydrogens is 528 g/mol. The van der Waals surface area contributed by atoms with Crippen LogP contribution in [0.15, 0.2) is 78.0 Å². The summed E-state index contributed by atoms with van der Waals surface area (Å²) in [5, 5.41) is 11.4. The first-order valence-electron chi connectivity index (χ1n) is 14.3. The van der Waals surface area contributed by atoms with Gasteiger partial charge >= 0.3 is 5.97 Å². The van der Waals surface area contributed by atoms with E-state index < -0.39 is 11.6 Å². The average molecular weight is 569 g/mol. The van der Waals surface area contributed by atoms with Gasteiger partial charge in [0.1, 0.15) is 11.4 Å². The van der Waals surface area contributed by atoms with Crippen molar-refractivity contribution in [1.29, 1.82) is 0 Å². The third-order valence-electron chi connectivity index (χ3n) is 8.28. The number of carboxylic acids is 1. The maximum atomic E-state index is 14.2. The zero-order valence-corrected chi connectivity index (χ0v) is 25.2. The topological polar surface area (TPSA) is 112 Å². The largest absolute Gasteiger partial charge is 0.481 e. The summed E-state index contributed by atoms with van der Waals surface area (Å²) in [4.78, 5) is 48.6. The zero-order valence-electron chi connectivity index (χ0n) is 25.2. The van der Waals surface area contributed by atoms with Gasteiger partial charge in [-0.05, 0) is 78.6 Å². The lowest BCUT2D eigenvalue weighted by Crippen LogP contribution is -2.48. The molecule has 0 saturated carbocycles. The molecule has 2 aromatic carbocycles. The number of benzene rings is 2. The van der Waals surface area contributed by atoms with E-state index in [1.54, 1.807) is 24.5 Å². The van der Waals surface area contributed by atoms with E-state index in [0.717, 1.165) is 22.3 Å². The molecule has 4 rings (SSSR count). The average Bonchev–Trinajstić information content (AvgIpc) is 3.22. The second-order valence-corrected chi connectivity index (χ2v) is 12.3. The number of aliphatic carboxylic acids is 1. The number of hydrogen-bond donors (Lipinski definition) is 2. The summed E-state index contributed by atoms with van der Waals surface area (Å²) in [5.74, 6) is -1.16. The number of nitrogens with zero attached hydrogens (tertiary/aromatic N) is 3. The Balaban J connectivity index is 1.66. The smallest absolute Gasteiger partial charge is 0.305 e. The summed E-state index contributed by atoms with van der Waals surface area (Å²) in [5.41, 5.74) is 3.76. The van der Waals surface area contributed by atoms with Crippen LogP contribution in [0.25, 0.3) is 11.1 Å². The molecule has 2 heterocycles.